The standard InChI is InChI=1S/C17H13F8N7OS/c1-31-13(9(16(20,21)22)10(30-31)15(18,19)17(23,24)25)32-5-7(4-27-32)8-6-34-12(28-8)11(33)29-14(26)2-3-14/h4-6H,2-3,26H2,1H3,(H,29,33). The van der Waals surface area contributed by atoms with E-state index >= 15 is 0 Å². The van der Waals surface area contributed by atoms with Gasteiger partial charge in [0.25, 0.3) is 5.91 Å². The van der Waals surface area contributed by atoms with Gasteiger partial charge in [0.2, 0.25) is 0 Å². The highest BCUT2D eigenvalue weighted by Crippen LogP contribution is 2.49. The van der Waals surface area contributed by atoms with Crippen molar-refractivity contribution in [3.8, 4) is 17.1 Å². The summed E-state index contributed by atoms with van der Waals surface area (Å²) in [6.45, 7) is 0. The highest BCUT2D eigenvalue weighted by molar-refractivity contribution is 7.12. The van der Waals surface area contributed by atoms with Crippen LogP contribution in [-0.4, -0.2) is 42.3 Å². The van der Waals surface area contributed by atoms with Crippen molar-refractivity contribution < 1.29 is 39.9 Å². The SMILES string of the molecule is Cn1nc(C(F)(F)C(F)(F)F)c(C(F)(F)F)c1-n1cc(-c2csc(C(=O)NC3(N)CC3)n2)cn1. The molecule has 17 heteroatoms. The van der Waals surface area contributed by atoms with E-state index < -0.39 is 46.9 Å². The van der Waals surface area contributed by atoms with E-state index in [1.54, 1.807) is 0 Å². The number of carbonyl (C=O) groups is 1. The fourth-order valence-electron chi connectivity index (χ4n) is 3.01. The minimum absolute atomic E-state index is 0.00287. The molecule has 3 heterocycles. The lowest BCUT2D eigenvalue weighted by molar-refractivity contribution is -0.292. The smallest absolute Gasteiger partial charge is 0.332 e. The molecule has 8 nitrogen and oxygen atoms in total. The maximum absolute atomic E-state index is 13.8. The van der Waals surface area contributed by atoms with Crippen LogP contribution in [0, 0.1) is 0 Å². The largest absolute Gasteiger partial charge is 0.459 e. The van der Waals surface area contributed by atoms with E-state index in [1.165, 1.54) is 5.38 Å². The van der Waals surface area contributed by atoms with Gasteiger partial charge in [0.15, 0.2) is 16.5 Å². The van der Waals surface area contributed by atoms with Crippen molar-refractivity contribution >= 4 is 17.2 Å². The third-order valence-electron chi connectivity index (χ3n) is 4.90. The Kier molecular flexibility index (Phi) is 5.28. The number of halogens is 8. The average Bonchev–Trinajstić information content (AvgIpc) is 3.13. The van der Waals surface area contributed by atoms with Crippen molar-refractivity contribution in [1.82, 2.24) is 29.9 Å². The molecule has 4 rings (SSSR count). The molecule has 3 aromatic heterocycles. The molecule has 0 bridgehead atoms. The molecule has 0 aromatic carbocycles. The normalized spacial score (nSPS) is 16.1. The van der Waals surface area contributed by atoms with Gasteiger partial charge in [0.1, 0.15) is 5.56 Å². The summed E-state index contributed by atoms with van der Waals surface area (Å²) in [4.78, 5) is 16.2. The zero-order valence-corrected chi connectivity index (χ0v) is 17.6. The van der Waals surface area contributed by atoms with Gasteiger partial charge in [-0.1, -0.05) is 0 Å². The Morgan fingerprint density at radius 3 is 2.38 bits per heavy atom. The van der Waals surface area contributed by atoms with Gasteiger partial charge in [-0.25, -0.2) is 14.3 Å². The highest BCUT2D eigenvalue weighted by atomic mass is 32.1. The molecule has 3 aromatic rings. The van der Waals surface area contributed by atoms with Crippen molar-refractivity contribution in [2.75, 3.05) is 0 Å². The molecule has 1 aliphatic carbocycles. The molecule has 1 fully saturated rings. The van der Waals surface area contributed by atoms with E-state index in [4.69, 9.17) is 5.73 Å². The Morgan fingerprint density at radius 1 is 1.18 bits per heavy atom. The summed E-state index contributed by atoms with van der Waals surface area (Å²) in [5.74, 6) is -7.60. The van der Waals surface area contributed by atoms with Crippen LogP contribution in [0.4, 0.5) is 35.1 Å². The predicted octanol–water partition coefficient (Wildman–Crippen LogP) is 3.58. The van der Waals surface area contributed by atoms with Gasteiger partial charge in [-0.2, -0.15) is 45.3 Å². The van der Waals surface area contributed by atoms with Crippen LogP contribution < -0.4 is 11.1 Å². The predicted molar refractivity (Wildman–Crippen MR) is 100 cm³/mol. The molecular weight excluding hydrogens is 502 g/mol. The van der Waals surface area contributed by atoms with Gasteiger partial charge in [-0.3, -0.25) is 4.79 Å². The number of rotatable bonds is 5. The summed E-state index contributed by atoms with van der Waals surface area (Å²) in [5.41, 5.74) is 0.392. The van der Waals surface area contributed by atoms with E-state index in [0.29, 0.717) is 17.5 Å². The fraction of sp³-hybridized carbons (Fsp3) is 0.412. The van der Waals surface area contributed by atoms with Crippen LogP contribution in [0.25, 0.3) is 17.1 Å². The Labute approximate surface area is 188 Å². The van der Waals surface area contributed by atoms with Crippen LogP contribution in [0.5, 0.6) is 0 Å². The van der Waals surface area contributed by atoms with Gasteiger partial charge in [-0.05, 0) is 12.8 Å². The number of amides is 1. The van der Waals surface area contributed by atoms with Crippen molar-refractivity contribution in [2.24, 2.45) is 12.8 Å². The first kappa shape index (κ1) is 24.1. The number of thiazole rings is 1. The maximum Gasteiger partial charge on any atom is 0.459 e. The van der Waals surface area contributed by atoms with Gasteiger partial charge in [0, 0.05) is 24.2 Å². The first-order valence-corrected chi connectivity index (χ1v) is 10.1. The van der Waals surface area contributed by atoms with E-state index in [9.17, 15) is 39.9 Å². The van der Waals surface area contributed by atoms with E-state index in [1.807, 2.05) is 0 Å². The third-order valence-corrected chi connectivity index (χ3v) is 5.74. The first-order valence-electron chi connectivity index (χ1n) is 9.25. The zero-order chi connectivity index (χ0) is 25.3. The second kappa shape index (κ2) is 7.46. The fourth-order valence-corrected chi connectivity index (χ4v) is 3.73. The second-order valence-corrected chi connectivity index (χ2v) is 8.42. The van der Waals surface area contributed by atoms with Crippen molar-refractivity contribution in [2.45, 2.75) is 36.8 Å². The average molecular weight is 515 g/mol. The minimum atomic E-state index is -6.31. The van der Waals surface area contributed by atoms with Gasteiger partial charge >= 0.3 is 18.3 Å². The number of aryl methyl sites for hydroxylation is 1. The topological polar surface area (TPSA) is 104 Å². The molecule has 0 radical (unpaired) electrons. The maximum atomic E-state index is 13.8. The molecule has 0 atom stereocenters. The number of nitrogens with zero attached hydrogens (tertiary/aromatic N) is 5. The molecule has 0 unspecified atom stereocenters. The van der Waals surface area contributed by atoms with Crippen LogP contribution >= 0.6 is 11.3 Å². The van der Waals surface area contributed by atoms with Crippen LogP contribution in [0.2, 0.25) is 0 Å². The summed E-state index contributed by atoms with van der Waals surface area (Å²) in [6, 6.07) is 0. The van der Waals surface area contributed by atoms with Crippen molar-refractivity contribution in [3.63, 3.8) is 0 Å². The molecule has 1 amide bonds. The third kappa shape index (κ3) is 4.13. The molecular formula is C17H13F8N7OS. The number of carbonyl (C=O) groups excluding carboxylic acids is 1. The summed E-state index contributed by atoms with van der Waals surface area (Å²) in [7, 11) is 0.772. The molecule has 0 aliphatic heterocycles. The van der Waals surface area contributed by atoms with Crippen molar-refractivity contribution in [1.29, 1.82) is 0 Å². The number of hydrogen-bond acceptors (Lipinski definition) is 6. The lowest BCUT2D eigenvalue weighted by Gasteiger charge is -2.19. The lowest BCUT2D eigenvalue weighted by Crippen LogP contribution is -2.43. The van der Waals surface area contributed by atoms with Gasteiger partial charge in [-0.15, -0.1) is 11.3 Å². The van der Waals surface area contributed by atoms with Gasteiger partial charge in [0.05, 0.1) is 17.6 Å². The molecule has 34 heavy (non-hydrogen) atoms. The molecule has 1 aliphatic rings. The lowest BCUT2D eigenvalue weighted by atomic mass is 10.1. The second-order valence-electron chi connectivity index (χ2n) is 7.56. The summed E-state index contributed by atoms with van der Waals surface area (Å²) >= 11 is 0.909. The first-order chi connectivity index (χ1) is 15.5. The van der Waals surface area contributed by atoms with Crippen LogP contribution in [0.1, 0.15) is 33.9 Å². The molecule has 1 saturated carbocycles. The Morgan fingerprint density at radius 2 is 1.82 bits per heavy atom. The Bertz CT molecular complexity index is 1250. The van der Waals surface area contributed by atoms with Crippen molar-refractivity contribution in [3.05, 3.63) is 34.0 Å². The Hall–Kier alpha value is -3.08. The zero-order valence-electron chi connectivity index (χ0n) is 16.8. The number of nitrogens with one attached hydrogen (secondary N) is 1. The summed E-state index contributed by atoms with van der Waals surface area (Å²) in [6.07, 6.45) is -8.81. The van der Waals surface area contributed by atoms with Crippen LogP contribution in [0.3, 0.4) is 0 Å². The van der Waals surface area contributed by atoms with Gasteiger partial charge < -0.3 is 11.1 Å². The van der Waals surface area contributed by atoms with Crippen LogP contribution in [0.15, 0.2) is 17.8 Å². The van der Waals surface area contributed by atoms with E-state index in [-0.39, 0.29) is 20.9 Å². The molecule has 184 valence electrons. The summed E-state index contributed by atoms with van der Waals surface area (Å²) < 4.78 is 108. The van der Waals surface area contributed by atoms with E-state index in [2.05, 4.69) is 20.5 Å². The summed E-state index contributed by atoms with van der Waals surface area (Å²) in [5, 5.41) is 10.4. The molecule has 3 N–H and O–H groups in total. The minimum Gasteiger partial charge on any atom is -0.332 e. The molecule has 0 spiro atoms. The Balaban J connectivity index is 1.72. The van der Waals surface area contributed by atoms with Crippen LogP contribution in [-0.2, 0) is 19.1 Å². The number of alkyl halides is 8. The number of nitrogens with two attached hydrogens (primary N) is 1. The quantitative estimate of drug-likeness (QED) is 0.400. The number of aromatic nitrogens is 5. The molecule has 0 saturated heterocycles. The monoisotopic (exact) mass is 515 g/mol. The highest BCUT2D eigenvalue weighted by Gasteiger charge is 2.64. The van der Waals surface area contributed by atoms with E-state index in [0.717, 1.165) is 30.8 Å². The number of hydrogen-bond donors (Lipinski definition) is 2.